The molecule has 0 aliphatic rings. The van der Waals surface area contributed by atoms with Gasteiger partial charge in [0.25, 0.3) is 0 Å². The minimum absolute atomic E-state index is 0.141. The largest absolute Gasteiger partial charge is 0.484 e. The predicted molar refractivity (Wildman–Crippen MR) is 94.2 cm³/mol. The second-order valence-corrected chi connectivity index (χ2v) is 8.01. The van der Waals surface area contributed by atoms with Crippen LogP contribution in [0.5, 0.6) is 5.75 Å². The monoisotopic (exact) mass is 333 g/mol. The fourth-order valence-electron chi connectivity index (χ4n) is 2.33. The van der Waals surface area contributed by atoms with Crippen LogP contribution in [0, 0.1) is 0 Å². The molecule has 0 aliphatic heterocycles. The van der Waals surface area contributed by atoms with Crippen LogP contribution in [-0.2, 0) is 17.4 Å². The van der Waals surface area contributed by atoms with E-state index in [1.165, 1.54) is 5.56 Å². The highest BCUT2D eigenvalue weighted by atomic mass is 31.2. The first-order chi connectivity index (χ1) is 11.1. The maximum Gasteiger partial charge on any atom is 0.236 e. The molecule has 0 heterocycles. The first kappa shape index (κ1) is 17.7. The highest BCUT2D eigenvalue weighted by Gasteiger charge is 2.18. The summed E-state index contributed by atoms with van der Waals surface area (Å²) in [4.78, 5) is 10.0. The maximum absolute atomic E-state index is 12.2. The Morgan fingerprint density at radius 1 is 0.957 bits per heavy atom. The standard InChI is InChI=1S/C18H24NO3P/c19-13-12-17-8-10-18(11-9-17)22-15-23(20,21)14-4-7-16-5-2-1-3-6-16/h1-3,5-6,8-11H,4,7,12-15,19H2,(H,20,21). The van der Waals surface area contributed by atoms with E-state index in [9.17, 15) is 9.46 Å². The van der Waals surface area contributed by atoms with Gasteiger partial charge in [-0.1, -0.05) is 42.5 Å². The van der Waals surface area contributed by atoms with Gasteiger partial charge in [-0.05, 0) is 49.1 Å². The van der Waals surface area contributed by atoms with Crippen LogP contribution in [0.2, 0.25) is 0 Å². The van der Waals surface area contributed by atoms with Crippen molar-refractivity contribution in [1.29, 1.82) is 0 Å². The van der Waals surface area contributed by atoms with E-state index in [-0.39, 0.29) is 12.5 Å². The van der Waals surface area contributed by atoms with Gasteiger partial charge in [0, 0.05) is 6.16 Å². The number of aryl methyl sites for hydroxylation is 1. The average molecular weight is 333 g/mol. The summed E-state index contributed by atoms with van der Waals surface area (Å²) in [6.07, 6.45) is 2.43. The van der Waals surface area contributed by atoms with Crippen LogP contribution < -0.4 is 10.5 Å². The summed E-state index contributed by atoms with van der Waals surface area (Å²) >= 11 is 0. The molecule has 2 aromatic carbocycles. The Hall–Kier alpha value is -1.61. The van der Waals surface area contributed by atoms with Gasteiger partial charge >= 0.3 is 0 Å². The molecule has 4 nitrogen and oxygen atoms in total. The van der Waals surface area contributed by atoms with Crippen LogP contribution in [0.15, 0.2) is 54.6 Å². The molecule has 0 radical (unpaired) electrons. The normalized spacial score (nSPS) is 13.5. The highest BCUT2D eigenvalue weighted by Crippen LogP contribution is 2.41. The Kier molecular flexibility index (Phi) is 6.85. The molecule has 0 aromatic heterocycles. The Balaban J connectivity index is 1.75. The zero-order valence-electron chi connectivity index (χ0n) is 13.2. The van der Waals surface area contributed by atoms with Crippen LogP contribution in [0.25, 0.3) is 0 Å². The van der Waals surface area contributed by atoms with E-state index >= 15 is 0 Å². The maximum atomic E-state index is 12.2. The predicted octanol–water partition coefficient (Wildman–Crippen LogP) is 3.43. The van der Waals surface area contributed by atoms with E-state index in [0.717, 1.165) is 18.4 Å². The number of benzene rings is 2. The van der Waals surface area contributed by atoms with Gasteiger partial charge in [-0.2, -0.15) is 0 Å². The van der Waals surface area contributed by atoms with Gasteiger partial charge in [-0.15, -0.1) is 0 Å². The van der Waals surface area contributed by atoms with Gasteiger partial charge in [0.15, 0.2) is 6.35 Å². The Bertz CT molecular complexity index is 628. The number of nitrogens with two attached hydrogens (primary N) is 1. The summed E-state index contributed by atoms with van der Waals surface area (Å²) in [5.74, 6) is 0.614. The van der Waals surface area contributed by atoms with Gasteiger partial charge in [0.05, 0.1) is 0 Å². The topological polar surface area (TPSA) is 72.5 Å². The molecule has 0 spiro atoms. The van der Waals surface area contributed by atoms with Crippen molar-refractivity contribution >= 4 is 7.37 Å². The van der Waals surface area contributed by atoms with E-state index in [4.69, 9.17) is 10.5 Å². The SMILES string of the molecule is NCCc1ccc(OCP(=O)(O)CCCc2ccccc2)cc1. The zero-order valence-corrected chi connectivity index (χ0v) is 14.1. The van der Waals surface area contributed by atoms with Crippen LogP contribution in [0.4, 0.5) is 0 Å². The van der Waals surface area contributed by atoms with Gasteiger partial charge in [0.1, 0.15) is 5.75 Å². The van der Waals surface area contributed by atoms with Gasteiger partial charge < -0.3 is 15.4 Å². The molecule has 2 rings (SSSR count). The lowest BCUT2D eigenvalue weighted by atomic mass is 10.1. The smallest absolute Gasteiger partial charge is 0.236 e. The third kappa shape index (κ3) is 6.57. The molecule has 1 unspecified atom stereocenters. The third-order valence-corrected chi connectivity index (χ3v) is 5.15. The van der Waals surface area contributed by atoms with E-state index < -0.39 is 7.37 Å². The Morgan fingerprint density at radius 2 is 1.61 bits per heavy atom. The minimum Gasteiger partial charge on any atom is -0.484 e. The van der Waals surface area contributed by atoms with Crippen molar-refractivity contribution in [2.45, 2.75) is 19.3 Å². The molecule has 0 aliphatic carbocycles. The minimum atomic E-state index is -3.26. The van der Waals surface area contributed by atoms with Crippen LogP contribution in [0.3, 0.4) is 0 Å². The van der Waals surface area contributed by atoms with Crippen molar-refractivity contribution in [3.8, 4) is 5.75 Å². The average Bonchev–Trinajstić information content (AvgIpc) is 2.55. The van der Waals surface area contributed by atoms with Crippen molar-refractivity contribution in [3.05, 3.63) is 65.7 Å². The fourth-order valence-corrected chi connectivity index (χ4v) is 3.47. The molecule has 0 fully saturated rings. The summed E-state index contributed by atoms with van der Waals surface area (Å²) in [7, 11) is -3.26. The first-order valence-corrected chi connectivity index (χ1v) is 9.89. The van der Waals surface area contributed by atoms with Crippen molar-refractivity contribution in [1.82, 2.24) is 0 Å². The summed E-state index contributed by atoms with van der Waals surface area (Å²) in [6.45, 7) is 0.605. The molecule has 0 saturated heterocycles. The number of hydrogen-bond donors (Lipinski definition) is 2. The number of hydrogen-bond acceptors (Lipinski definition) is 3. The lowest BCUT2D eigenvalue weighted by Gasteiger charge is -2.13. The van der Waals surface area contributed by atoms with Gasteiger partial charge in [-0.3, -0.25) is 4.57 Å². The van der Waals surface area contributed by atoms with Gasteiger partial charge in [0.2, 0.25) is 7.37 Å². The molecule has 2 aromatic rings. The summed E-state index contributed by atoms with van der Waals surface area (Å²) in [5.41, 5.74) is 7.82. The van der Waals surface area contributed by atoms with Crippen LogP contribution >= 0.6 is 7.37 Å². The number of rotatable bonds is 9. The van der Waals surface area contributed by atoms with Crippen molar-refractivity contribution in [2.24, 2.45) is 5.73 Å². The highest BCUT2D eigenvalue weighted by molar-refractivity contribution is 7.57. The third-order valence-electron chi connectivity index (χ3n) is 3.61. The molecule has 5 heteroatoms. The molecule has 1 atom stereocenters. The van der Waals surface area contributed by atoms with Gasteiger partial charge in [-0.25, -0.2) is 0 Å². The van der Waals surface area contributed by atoms with Crippen molar-refractivity contribution in [2.75, 3.05) is 19.1 Å². The van der Waals surface area contributed by atoms with Crippen molar-refractivity contribution in [3.63, 3.8) is 0 Å². The van der Waals surface area contributed by atoms with E-state index in [2.05, 4.69) is 0 Å². The quantitative estimate of drug-likeness (QED) is 0.690. The van der Waals surface area contributed by atoms with Crippen molar-refractivity contribution < 1.29 is 14.2 Å². The molecule has 3 N–H and O–H groups in total. The summed E-state index contributed by atoms with van der Waals surface area (Å²) in [5, 5.41) is 0. The molecular formula is C18H24NO3P. The zero-order chi connectivity index (χ0) is 16.5. The molecule has 0 amide bonds. The molecule has 23 heavy (non-hydrogen) atoms. The lowest BCUT2D eigenvalue weighted by Crippen LogP contribution is -2.04. The summed E-state index contributed by atoms with van der Waals surface area (Å²) in [6, 6.07) is 17.5. The summed E-state index contributed by atoms with van der Waals surface area (Å²) < 4.78 is 17.6. The van der Waals surface area contributed by atoms with Crippen LogP contribution in [0.1, 0.15) is 17.5 Å². The second-order valence-electron chi connectivity index (χ2n) is 5.62. The Morgan fingerprint density at radius 3 is 2.26 bits per heavy atom. The fraction of sp³-hybridized carbons (Fsp3) is 0.333. The van der Waals surface area contributed by atoms with E-state index in [1.807, 2.05) is 54.6 Å². The lowest BCUT2D eigenvalue weighted by molar-refractivity contribution is 0.349. The van der Waals surface area contributed by atoms with E-state index in [0.29, 0.717) is 18.7 Å². The van der Waals surface area contributed by atoms with E-state index in [1.54, 1.807) is 0 Å². The van der Waals surface area contributed by atoms with Crippen LogP contribution in [-0.4, -0.2) is 23.9 Å². The number of ether oxygens (including phenoxy) is 1. The molecule has 0 bridgehead atoms. The molecular weight excluding hydrogens is 309 g/mol. The molecule has 0 saturated carbocycles. The second kappa shape index (κ2) is 8.88. The Labute approximate surface area is 137 Å². The molecule has 124 valence electrons. The first-order valence-electron chi connectivity index (χ1n) is 7.86.